The fraction of sp³-hybridized carbons (Fsp3) is 0.923. The van der Waals surface area contributed by atoms with Crippen LogP contribution < -0.4 is 5.32 Å². The van der Waals surface area contributed by atoms with Gasteiger partial charge in [-0.15, -0.1) is 0 Å². The molecule has 1 aliphatic carbocycles. The van der Waals surface area contributed by atoms with Gasteiger partial charge in [0.25, 0.3) is 0 Å². The van der Waals surface area contributed by atoms with Crippen molar-refractivity contribution in [1.29, 1.82) is 0 Å². The standard InChI is InChI=1S/C13H24N2O/c1-5-7-10-8-11(10)15-9(3)14-13(4,6-2)12(15)16/h9-11,14H,5-8H2,1-4H3. The van der Waals surface area contributed by atoms with E-state index in [4.69, 9.17) is 0 Å². The first-order valence-corrected chi connectivity index (χ1v) is 6.64. The van der Waals surface area contributed by atoms with Gasteiger partial charge in [-0.2, -0.15) is 0 Å². The van der Waals surface area contributed by atoms with Gasteiger partial charge in [0.1, 0.15) is 0 Å². The Labute approximate surface area is 98.6 Å². The van der Waals surface area contributed by atoms with Gasteiger partial charge in [0.15, 0.2) is 0 Å². The topological polar surface area (TPSA) is 32.3 Å². The zero-order valence-corrected chi connectivity index (χ0v) is 10.9. The van der Waals surface area contributed by atoms with Gasteiger partial charge < -0.3 is 4.90 Å². The molecule has 0 spiro atoms. The van der Waals surface area contributed by atoms with Crippen molar-refractivity contribution in [3.63, 3.8) is 0 Å². The third kappa shape index (κ3) is 1.75. The SMILES string of the molecule is CCCC1CC1N1C(=O)C(C)(CC)NC1C. The van der Waals surface area contributed by atoms with E-state index in [-0.39, 0.29) is 11.7 Å². The fourth-order valence-corrected chi connectivity index (χ4v) is 3.00. The number of hydrogen-bond donors (Lipinski definition) is 1. The zero-order chi connectivity index (χ0) is 11.9. The van der Waals surface area contributed by atoms with Crippen LogP contribution in [0.1, 0.15) is 53.4 Å². The normalized spacial score (nSPS) is 42.9. The minimum Gasteiger partial charge on any atom is -0.323 e. The summed E-state index contributed by atoms with van der Waals surface area (Å²) in [6.45, 7) is 8.44. The molecule has 1 amide bonds. The molecule has 1 heterocycles. The van der Waals surface area contributed by atoms with Gasteiger partial charge in [0.2, 0.25) is 5.91 Å². The van der Waals surface area contributed by atoms with E-state index in [9.17, 15) is 4.79 Å². The summed E-state index contributed by atoms with van der Waals surface area (Å²) in [5.41, 5.74) is -0.321. The minimum absolute atomic E-state index is 0.212. The summed E-state index contributed by atoms with van der Waals surface area (Å²) >= 11 is 0. The van der Waals surface area contributed by atoms with E-state index in [0.717, 1.165) is 12.3 Å². The Hall–Kier alpha value is -0.570. The molecule has 3 heteroatoms. The second-order valence-electron chi connectivity index (χ2n) is 5.57. The van der Waals surface area contributed by atoms with E-state index in [0.29, 0.717) is 11.9 Å². The molecule has 0 aromatic heterocycles. The summed E-state index contributed by atoms with van der Waals surface area (Å²) in [6.07, 6.45) is 4.80. The molecule has 3 nitrogen and oxygen atoms in total. The predicted molar refractivity (Wildman–Crippen MR) is 64.9 cm³/mol. The van der Waals surface area contributed by atoms with Crippen LogP contribution in [0.4, 0.5) is 0 Å². The van der Waals surface area contributed by atoms with E-state index < -0.39 is 0 Å². The average Bonchev–Trinajstić information content (AvgIpc) is 2.93. The molecule has 1 saturated carbocycles. The lowest BCUT2D eigenvalue weighted by atomic mass is 9.99. The number of rotatable bonds is 4. The van der Waals surface area contributed by atoms with Gasteiger partial charge in [0.05, 0.1) is 11.7 Å². The van der Waals surface area contributed by atoms with Crippen LogP contribution in [0.3, 0.4) is 0 Å². The molecule has 1 N–H and O–H groups in total. The number of carbonyl (C=O) groups is 1. The Morgan fingerprint density at radius 1 is 1.50 bits per heavy atom. The molecular weight excluding hydrogens is 200 g/mol. The summed E-state index contributed by atoms with van der Waals surface area (Å²) in [4.78, 5) is 14.5. The fourth-order valence-electron chi connectivity index (χ4n) is 3.00. The van der Waals surface area contributed by atoms with E-state index in [1.165, 1.54) is 19.3 Å². The van der Waals surface area contributed by atoms with Crippen molar-refractivity contribution in [1.82, 2.24) is 10.2 Å². The van der Waals surface area contributed by atoms with Gasteiger partial charge in [-0.1, -0.05) is 20.3 Å². The van der Waals surface area contributed by atoms with Gasteiger partial charge >= 0.3 is 0 Å². The number of amides is 1. The third-order valence-electron chi connectivity index (χ3n) is 4.26. The molecule has 1 saturated heterocycles. The Bertz CT molecular complexity index is 292. The van der Waals surface area contributed by atoms with E-state index in [2.05, 4.69) is 31.0 Å². The van der Waals surface area contributed by atoms with Crippen molar-refractivity contribution >= 4 is 5.91 Å². The maximum absolute atomic E-state index is 12.4. The van der Waals surface area contributed by atoms with Gasteiger partial charge in [0, 0.05) is 6.04 Å². The van der Waals surface area contributed by atoms with Gasteiger partial charge in [-0.3, -0.25) is 10.1 Å². The summed E-state index contributed by atoms with van der Waals surface area (Å²) < 4.78 is 0. The zero-order valence-electron chi connectivity index (χ0n) is 10.9. The lowest BCUT2D eigenvalue weighted by molar-refractivity contribution is -0.133. The first kappa shape index (κ1) is 11.9. The quantitative estimate of drug-likeness (QED) is 0.793. The molecule has 0 bridgehead atoms. The van der Waals surface area contributed by atoms with Crippen LogP contribution in [0, 0.1) is 5.92 Å². The Balaban J connectivity index is 2.04. The second kappa shape index (κ2) is 4.02. The van der Waals surface area contributed by atoms with E-state index >= 15 is 0 Å². The molecule has 0 aromatic rings. The largest absolute Gasteiger partial charge is 0.323 e. The predicted octanol–water partition coefficient (Wildman–Crippen LogP) is 2.12. The summed E-state index contributed by atoms with van der Waals surface area (Å²) in [5.74, 6) is 1.07. The molecular formula is C13H24N2O. The molecule has 2 aliphatic rings. The molecule has 4 atom stereocenters. The van der Waals surface area contributed by atoms with E-state index in [1.54, 1.807) is 0 Å². The number of nitrogens with one attached hydrogen (secondary N) is 1. The van der Waals surface area contributed by atoms with Crippen LogP contribution in [0.5, 0.6) is 0 Å². The number of nitrogens with zero attached hydrogens (tertiary/aromatic N) is 1. The molecule has 4 unspecified atom stereocenters. The molecule has 1 aliphatic heterocycles. The van der Waals surface area contributed by atoms with Crippen LogP contribution in [-0.2, 0) is 4.79 Å². The first-order chi connectivity index (χ1) is 7.53. The maximum Gasteiger partial charge on any atom is 0.244 e. The highest BCUT2D eigenvalue weighted by Gasteiger charge is 2.53. The van der Waals surface area contributed by atoms with Crippen LogP contribution in [-0.4, -0.2) is 28.6 Å². The minimum atomic E-state index is -0.321. The summed E-state index contributed by atoms with van der Waals surface area (Å²) in [7, 11) is 0. The monoisotopic (exact) mass is 224 g/mol. The Morgan fingerprint density at radius 3 is 2.69 bits per heavy atom. The van der Waals surface area contributed by atoms with Crippen molar-refractivity contribution in [2.24, 2.45) is 5.92 Å². The van der Waals surface area contributed by atoms with Crippen LogP contribution in [0.25, 0.3) is 0 Å². The second-order valence-corrected chi connectivity index (χ2v) is 5.57. The van der Waals surface area contributed by atoms with Crippen molar-refractivity contribution < 1.29 is 4.79 Å². The highest BCUT2D eigenvalue weighted by Crippen LogP contribution is 2.43. The highest BCUT2D eigenvalue weighted by molar-refractivity contribution is 5.88. The van der Waals surface area contributed by atoms with E-state index in [1.807, 2.05) is 6.92 Å². The van der Waals surface area contributed by atoms with Crippen molar-refractivity contribution in [2.75, 3.05) is 0 Å². The smallest absolute Gasteiger partial charge is 0.244 e. The van der Waals surface area contributed by atoms with Crippen LogP contribution in [0.2, 0.25) is 0 Å². The molecule has 2 rings (SSSR count). The maximum atomic E-state index is 12.4. The van der Waals surface area contributed by atoms with Gasteiger partial charge in [-0.25, -0.2) is 0 Å². The summed E-state index contributed by atoms with van der Waals surface area (Å²) in [6, 6.07) is 0.517. The summed E-state index contributed by atoms with van der Waals surface area (Å²) in [5, 5.41) is 3.44. The van der Waals surface area contributed by atoms with Crippen LogP contribution in [0.15, 0.2) is 0 Å². The average molecular weight is 224 g/mol. The van der Waals surface area contributed by atoms with Crippen LogP contribution >= 0.6 is 0 Å². The van der Waals surface area contributed by atoms with Crippen molar-refractivity contribution in [3.05, 3.63) is 0 Å². The Kier molecular flexibility index (Phi) is 2.99. The molecule has 0 radical (unpaired) electrons. The lowest BCUT2D eigenvalue weighted by Crippen LogP contribution is -2.43. The Morgan fingerprint density at radius 2 is 2.19 bits per heavy atom. The third-order valence-corrected chi connectivity index (χ3v) is 4.26. The molecule has 16 heavy (non-hydrogen) atoms. The lowest BCUT2D eigenvalue weighted by Gasteiger charge is -2.22. The molecule has 0 aromatic carbocycles. The van der Waals surface area contributed by atoms with Gasteiger partial charge in [-0.05, 0) is 39.0 Å². The highest BCUT2D eigenvalue weighted by atomic mass is 16.2. The first-order valence-electron chi connectivity index (χ1n) is 6.64. The molecule has 92 valence electrons. The molecule has 2 fully saturated rings. The van der Waals surface area contributed by atoms with Crippen molar-refractivity contribution in [2.45, 2.75) is 71.1 Å². The van der Waals surface area contributed by atoms with Crippen molar-refractivity contribution in [3.8, 4) is 0 Å². The number of hydrogen-bond acceptors (Lipinski definition) is 2. The number of carbonyl (C=O) groups excluding carboxylic acids is 1.